The molecule has 1 amide bonds. The average Bonchev–Trinajstić information content (AvgIpc) is 2.72. The van der Waals surface area contributed by atoms with Gasteiger partial charge in [-0.3, -0.25) is 9.69 Å². The van der Waals surface area contributed by atoms with Crippen molar-refractivity contribution in [1.29, 1.82) is 0 Å². The number of hydrogen-bond donors (Lipinski definition) is 0. The molecule has 3 rings (SSSR count). The van der Waals surface area contributed by atoms with Crippen LogP contribution in [0.4, 0.5) is 8.78 Å². The monoisotopic (exact) mass is 429 g/mol. The molecule has 2 saturated heterocycles. The lowest BCUT2D eigenvalue weighted by atomic mass is 9.99. The van der Waals surface area contributed by atoms with Crippen molar-refractivity contribution in [3.05, 3.63) is 29.8 Å². The fourth-order valence-corrected chi connectivity index (χ4v) is 5.83. The highest BCUT2D eigenvalue weighted by atomic mass is 32.2. The minimum atomic E-state index is -4.26. The first-order valence-electron chi connectivity index (χ1n) is 10.3. The van der Waals surface area contributed by atoms with Crippen molar-refractivity contribution in [2.45, 2.75) is 56.5 Å². The number of carbonyl (C=O) groups is 1. The summed E-state index contributed by atoms with van der Waals surface area (Å²) in [6.07, 6.45) is 4.10. The summed E-state index contributed by atoms with van der Waals surface area (Å²) >= 11 is 0. The molecule has 2 fully saturated rings. The molecule has 1 aromatic carbocycles. The van der Waals surface area contributed by atoms with Gasteiger partial charge in [0.1, 0.15) is 11.6 Å². The lowest BCUT2D eigenvalue weighted by molar-refractivity contribution is -0.140. The highest BCUT2D eigenvalue weighted by molar-refractivity contribution is 7.89. The van der Waals surface area contributed by atoms with Crippen molar-refractivity contribution in [3.63, 3.8) is 0 Å². The minimum Gasteiger partial charge on any atom is -0.338 e. The molecule has 0 aromatic heterocycles. The van der Waals surface area contributed by atoms with Crippen LogP contribution < -0.4 is 0 Å². The molecule has 0 bridgehead atoms. The average molecular weight is 430 g/mol. The van der Waals surface area contributed by atoms with E-state index in [1.807, 2.05) is 16.7 Å². The molecule has 2 aliphatic heterocycles. The van der Waals surface area contributed by atoms with Crippen molar-refractivity contribution in [3.8, 4) is 0 Å². The molecule has 0 saturated carbocycles. The van der Waals surface area contributed by atoms with Crippen LogP contribution in [0.1, 0.15) is 39.5 Å². The van der Waals surface area contributed by atoms with Gasteiger partial charge in [0.15, 0.2) is 4.90 Å². The van der Waals surface area contributed by atoms with Crippen LogP contribution in [0.3, 0.4) is 0 Å². The summed E-state index contributed by atoms with van der Waals surface area (Å²) in [7, 11) is -4.26. The van der Waals surface area contributed by atoms with Gasteiger partial charge in [0.05, 0.1) is 6.04 Å². The number of amides is 1. The van der Waals surface area contributed by atoms with Crippen molar-refractivity contribution in [2.75, 3.05) is 32.7 Å². The van der Waals surface area contributed by atoms with Crippen LogP contribution in [-0.2, 0) is 14.8 Å². The van der Waals surface area contributed by atoms with Crippen molar-refractivity contribution in [1.82, 2.24) is 14.1 Å². The fourth-order valence-electron chi connectivity index (χ4n) is 4.30. The first-order valence-corrected chi connectivity index (χ1v) is 11.7. The maximum atomic E-state index is 14.0. The molecule has 0 N–H and O–H groups in total. The van der Waals surface area contributed by atoms with E-state index in [-0.39, 0.29) is 31.1 Å². The van der Waals surface area contributed by atoms with E-state index in [1.165, 1.54) is 0 Å². The second-order valence-corrected chi connectivity index (χ2v) is 9.63. The number of nitrogens with zero attached hydrogens (tertiary/aromatic N) is 3. The Kier molecular flexibility index (Phi) is 6.90. The summed E-state index contributed by atoms with van der Waals surface area (Å²) in [5.41, 5.74) is 0. The number of piperidine rings is 1. The van der Waals surface area contributed by atoms with Gasteiger partial charge >= 0.3 is 0 Å². The second kappa shape index (κ2) is 9.06. The Morgan fingerprint density at radius 1 is 1.10 bits per heavy atom. The van der Waals surface area contributed by atoms with Crippen LogP contribution in [0, 0.1) is 11.6 Å². The quantitative estimate of drug-likeness (QED) is 0.722. The Labute approximate surface area is 171 Å². The van der Waals surface area contributed by atoms with Crippen molar-refractivity contribution >= 4 is 15.9 Å². The molecule has 2 unspecified atom stereocenters. The number of halogens is 2. The highest BCUT2D eigenvalue weighted by Crippen LogP contribution is 2.25. The van der Waals surface area contributed by atoms with Gasteiger partial charge in [-0.05, 0) is 44.7 Å². The molecule has 0 aliphatic carbocycles. The molecule has 9 heteroatoms. The molecule has 0 spiro atoms. The van der Waals surface area contributed by atoms with Gasteiger partial charge in [0, 0.05) is 38.8 Å². The highest BCUT2D eigenvalue weighted by Gasteiger charge is 2.37. The number of carbonyl (C=O) groups excluding carboxylic acids is 1. The molecule has 2 atom stereocenters. The molecule has 6 nitrogen and oxygen atoms in total. The standard InChI is InChI=1S/C20H29F2N3O3S/c1-3-16-7-4-5-10-25(16)20(26)15(2)23-11-13-24(14-12-23)29(27,28)19-17(21)8-6-9-18(19)22/h6,8-9,15-16H,3-5,7,10-14H2,1-2H3. The minimum absolute atomic E-state index is 0.0769. The van der Waals surface area contributed by atoms with Crippen LogP contribution in [0.25, 0.3) is 0 Å². The number of hydrogen-bond acceptors (Lipinski definition) is 4. The smallest absolute Gasteiger partial charge is 0.249 e. The number of piperazine rings is 1. The SMILES string of the molecule is CCC1CCCCN1C(=O)C(C)N1CCN(S(=O)(=O)c2c(F)cccc2F)CC1. The van der Waals surface area contributed by atoms with E-state index in [1.54, 1.807) is 0 Å². The summed E-state index contributed by atoms with van der Waals surface area (Å²) in [5, 5.41) is 0. The third-order valence-electron chi connectivity index (χ3n) is 6.08. The van der Waals surface area contributed by atoms with E-state index in [0.29, 0.717) is 13.1 Å². The van der Waals surface area contributed by atoms with Gasteiger partial charge < -0.3 is 4.90 Å². The van der Waals surface area contributed by atoms with Gasteiger partial charge in [0.2, 0.25) is 15.9 Å². The molecular weight excluding hydrogens is 400 g/mol. The first kappa shape index (κ1) is 22.1. The predicted octanol–water partition coefficient (Wildman–Crippen LogP) is 2.45. The summed E-state index contributed by atoms with van der Waals surface area (Å²) in [6.45, 7) is 5.56. The largest absolute Gasteiger partial charge is 0.338 e. The van der Waals surface area contributed by atoms with Crippen molar-refractivity contribution in [2.24, 2.45) is 0 Å². The molecule has 0 radical (unpaired) electrons. The Balaban J connectivity index is 1.66. The Hall–Kier alpha value is -1.58. The van der Waals surface area contributed by atoms with Gasteiger partial charge in [-0.15, -0.1) is 0 Å². The Morgan fingerprint density at radius 3 is 2.31 bits per heavy atom. The van der Waals surface area contributed by atoms with Crippen LogP contribution in [0.2, 0.25) is 0 Å². The summed E-state index contributed by atoms with van der Waals surface area (Å²) < 4.78 is 54.5. The first-order chi connectivity index (χ1) is 13.8. The van der Waals surface area contributed by atoms with Gasteiger partial charge in [-0.25, -0.2) is 17.2 Å². The lowest BCUT2D eigenvalue weighted by Gasteiger charge is -2.41. The van der Waals surface area contributed by atoms with Gasteiger partial charge in [-0.2, -0.15) is 4.31 Å². The van der Waals surface area contributed by atoms with Gasteiger partial charge in [0.25, 0.3) is 0 Å². The normalized spacial score (nSPS) is 23.2. The third-order valence-corrected chi connectivity index (χ3v) is 8.03. The number of benzene rings is 1. The van der Waals surface area contributed by atoms with Crippen LogP contribution >= 0.6 is 0 Å². The van der Waals surface area contributed by atoms with Gasteiger partial charge in [-0.1, -0.05) is 13.0 Å². The third kappa shape index (κ3) is 4.46. The van der Waals surface area contributed by atoms with Crippen molar-refractivity contribution < 1.29 is 22.0 Å². The molecule has 29 heavy (non-hydrogen) atoms. The van der Waals surface area contributed by atoms with E-state index >= 15 is 0 Å². The zero-order chi connectivity index (χ0) is 21.2. The summed E-state index contributed by atoms with van der Waals surface area (Å²) in [6, 6.07) is 2.94. The molecule has 1 aromatic rings. The molecule has 2 aliphatic rings. The van der Waals surface area contributed by atoms with E-state index in [2.05, 4.69) is 6.92 Å². The van der Waals surface area contributed by atoms with Crippen LogP contribution in [0.5, 0.6) is 0 Å². The number of rotatable bonds is 5. The molecule has 2 heterocycles. The number of likely N-dealkylation sites (tertiary alicyclic amines) is 1. The Morgan fingerprint density at radius 2 is 1.72 bits per heavy atom. The van der Waals surface area contributed by atoms with Crippen LogP contribution in [-0.4, -0.2) is 73.2 Å². The van der Waals surface area contributed by atoms with E-state index < -0.39 is 26.6 Å². The van der Waals surface area contributed by atoms with E-state index in [0.717, 1.165) is 54.7 Å². The predicted molar refractivity (Wildman–Crippen MR) is 106 cm³/mol. The zero-order valence-electron chi connectivity index (χ0n) is 17.0. The maximum absolute atomic E-state index is 14.0. The lowest BCUT2D eigenvalue weighted by Crippen LogP contribution is -2.57. The number of sulfonamides is 1. The summed E-state index contributed by atoms with van der Waals surface area (Å²) in [5.74, 6) is -2.11. The maximum Gasteiger partial charge on any atom is 0.249 e. The topological polar surface area (TPSA) is 60.9 Å². The fraction of sp³-hybridized carbons (Fsp3) is 0.650. The van der Waals surface area contributed by atoms with E-state index in [4.69, 9.17) is 0 Å². The Bertz CT molecular complexity index is 821. The second-order valence-electron chi connectivity index (χ2n) is 7.76. The molecular formula is C20H29F2N3O3S. The zero-order valence-corrected chi connectivity index (χ0v) is 17.8. The molecule has 162 valence electrons. The van der Waals surface area contributed by atoms with E-state index in [9.17, 15) is 22.0 Å². The van der Waals surface area contributed by atoms with Crippen LogP contribution in [0.15, 0.2) is 23.1 Å². The summed E-state index contributed by atoms with van der Waals surface area (Å²) in [4.78, 5) is 16.0.